The van der Waals surface area contributed by atoms with Gasteiger partial charge in [0.25, 0.3) is 0 Å². The van der Waals surface area contributed by atoms with Crippen LogP contribution in [0.2, 0.25) is 0 Å². The van der Waals surface area contributed by atoms with E-state index in [0.29, 0.717) is 0 Å². The molecular formula is C7H6BrNS. The van der Waals surface area contributed by atoms with Gasteiger partial charge in [0.2, 0.25) is 0 Å². The van der Waals surface area contributed by atoms with Gasteiger partial charge in [-0.05, 0) is 18.2 Å². The van der Waals surface area contributed by atoms with Crippen LogP contribution in [0.4, 0.5) is 5.69 Å². The molecule has 10 heavy (non-hydrogen) atoms. The summed E-state index contributed by atoms with van der Waals surface area (Å²) in [4.78, 5) is 1.35. The average Bonchev–Trinajstić information content (AvgIpc) is 2.33. The van der Waals surface area contributed by atoms with Gasteiger partial charge < -0.3 is 5.32 Å². The predicted molar refractivity (Wildman–Crippen MR) is 48.5 cm³/mol. The maximum absolute atomic E-state index is 3.42. The smallest absolute Gasteiger partial charge is 0.0658 e. The summed E-state index contributed by atoms with van der Waals surface area (Å²) in [7, 11) is 0. The van der Waals surface area contributed by atoms with Crippen LogP contribution < -0.4 is 5.32 Å². The first-order valence-corrected chi connectivity index (χ1v) is 4.80. The number of hydrogen-bond donors (Lipinski definition) is 1. The van der Waals surface area contributed by atoms with Crippen molar-refractivity contribution >= 4 is 33.4 Å². The Hall–Kier alpha value is -0.150. The van der Waals surface area contributed by atoms with E-state index < -0.39 is 0 Å². The largest absolute Gasteiger partial charge is 0.375 e. The summed E-state index contributed by atoms with van der Waals surface area (Å²) in [6, 6.07) is 6.30. The first-order chi connectivity index (χ1) is 4.86. The van der Waals surface area contributed by atoms with Crippen molar-refractivity contribution in [1.82, 2.24) is 0 Å². The molecule has 0 bridgehead atoms. The quantitative estimate of drug-likeness (QED) is 0.715. The number of nitrogens with one attached hydrogen (secondary N) is 1. The van der Waals surface area contributed by atoms with Crippen molar-refractivity contribution in [3.8, 4) is 0 Å². The molecule has 0 saturated heterocycles. The maximum Gasteiger partial charge on any atom is 0.0658 e. The Morgan fingerprint density at radius 1 is 1.50 bits per heavy atom. The van der Waals surface area contributed by atoms with Gasteiger partial charge in [-0.2, -0.15) is 0 Å². The van der Waals surface area contributed by atoms with E-state index in [4.69, 9.17) is 0 Å². The second-order valence-corrected chi connectivity index (χ2v) is 4.04. The fourth-order valence-electron chi connectivity index (χ4n) is 0.958. The predicted octanol–water partition coefficient (Wildman–Crippen LogP) is 2.92. The summed E-state index contributed by atoms with van der Waals surface area (Å²) in [6.45, 7) is 0. The van der Waals surface area contributed by atoms with Crippen molar-refractivity contribution in [2.45, 2.75) is 4.90 Å². The van der Waals surface area contributed by atoms with Crippen molar-refractivity contribution < 1.29 is 0 Å². The SMILES string of the molecule is Brc1ccc2c(c1)NCS2. The summed E-state index contributed by atoms with van der Waals surface area (Å²) in [5.41, 5.74) is 1.25. The standard InChI is InChI=1S/C7H6BrNS/c8-5-1-2-7-6(3-5)9-4-10-7/h1-3,9H,4H2. The van der Waals surface area contributed by atoms with Gasteiger partial charge in [0.15, 0.2) is 0 Å². The van der Waals surface area contributed by atoms with Crippen LogP contribution in [0.25, 0.3) is 0 Å². The zero-order valence-electron chi connectivity index (χ0n) is 5.23. The number of benzene rings is 1. The Balaban J connectivity index is 2.52. The van der Waals surface area contributed by atoms with E-state index in [1.54, 1.807) is 0 Å². The van der Waals surface area contributed by atoms with Gasteiger partial charge in [0, 0.05) is 15.1 Å². The Morgan fingerprint density at radius 3 is 3.30 bits per heavy atom. The normalized spacial score (nSPS) is 14.5. The summed E-state index contributed by atoms with van der Waals surface area (Å²) < 4.78 is 1.14. The number of rotatable bonds is 0. The summed E-state index contributed by atoms with van der Waals surface area (Å²) in [5, 5.41) is 3.27. The van der Waals surface area contributed by atoms with Crippen LogP contribution in [0, 0.1) is 0 Å². The zero-order chi connectivity index (χ0) is 6.97. The van der Waals surface area contributed by atoms with Crippen molar-refractivity contribution in [3.63, 3.8) is 0 Å². The minimum absolute atomic E-state index is 1.01. The van der Waals surface area contributed by atoms with Gasteiger partial charge >= 0.3 is 0 Å². The number of thioether (sulfide) groups is 1. The lowest BCUT2D eigenvalue weighted by Gasteiger charge is -1.96. The molecular weight excluding hydrogens is 210 g/mol. The number of halogens is 1. The van der Waals surface area contributed by atoms with Gasteiger partial charge in [-0.15, -0.1) is 11.8 Å². The van der Waals surface area contributed by atoms with Crippen LogP contribution in [-0.4, -0.2) is 5.88 Å². The molecule has 52 valence electrons. The number of hydrogen-bond acceptors (Lipinski definition) is 2. The molecule has 0 atom stereocenters. The van der Waals surface area contributed by atoms with E-state index in [2.05, 4.69) is 39.4 Å². The van der Waals surface area contributed by atoms with Crippen LogP contribution >= 0.6 is 27.7 Å². The molecule has 0 saturated carbocycles. The highest BCUT2D eigenvalue weighted by Crippen LogP contribution is 2.34. The molecule has 0 spiro atoms. The molecule has 1 heterocycles. The first kappa shape index (κ1) is 6.55. The van der Waals surface area contributed by atoms with Crippen molar-refractivity contribution in [2.75, 3.05) is 11.2 Å². The van der Waals surface area contributed by atoms with E-state index in [9.17, 15) is 0 Å². The van der Waals surface area contributed by atoms with Crippen LogP contribution in [-0.2, 0) is 0 Å². The van der Waals surface area contributed by atoms with Gasteiger partial charge in [-0.25, -0.2) is 0 Å². The third kappa shape index (κ3) is 1.04. The molecule has 1 aliphatic heterocycles. The Bertz CT molecular complexity index is 262. The topological polar surface area (TPSA) is 12.0 Å². The second-order valence-electron chi connectivity index (χ2n) is 2.11. The molecule has 1 aromatic rings. The van der Waals surface area contributed by atoms with Gasteiger partial charge in [-0.1, -0.05) is 15.9 Å². The minimum Gasteiger partial charge on any atom is -0.375 e. The van der Waals surface area contributed by atoms with Crippen LogP contribution in [0.1, 0.15) is 0 Å². The van der Waals surface area contributed by atoms with Crippen LogP contribution in [0.3, 0.4) is 0 Å². The molecule has 0 unspecified atom stereocenters. The van der Waals surface area contributed by atoms with E-state index >= 15 is 0 Å². The number of anilines is 1. The van der Waals surface area contributed by atoms with Gasteiger partial charge in [-0.3, -0.25) is 0 Å². The Morgan fingerprint density at radius 2 is 2.40 bits per heavy atom. The lowest BCUT2D eigenvalue weighted by molar-refractivity contribution is 1.41. The van der Waals surface area contributed by atoms with E-state index in [1.807, 2.05) is 11.8 Å². The molecule has 1 nitrogen and oxygen atoms in total. The fourth-order valence-corrected chi connectivity index (χ4v) is 2.15. The van der Waals surface area contributed by atoms with E-state index in [0.717, 1.165) is 10.3 Å². The molecule has 1 aromatic carbocycles. The average molecular weight is 216 g/mol. The summed E-state index contributed by atoms with van der Waals surface area (Å²) >= 11 is 5.26. The van der Waals surface area contributed by atoms with Gasteiger partial charge in [0.05, 0.1) is 5.88 Å². The van der Waals surface area contributed by atoms with Crippen molar-refractivity contribution in [2.24, 2.45) is 0 Å². The Labute approximate surface area is 72.3 Å². The Kier molecular flexibility index (Phi) is 1.62. The third-order valence-electron chi connectivity index (χ3n) is 1.43. The molecule has 0 amide bonds. The highest BCUT2D eigenvalue weighted by atomic mass is 79.9. The molecule has 3 heteroatoms. The number of fused-ring (bicyclic) bond motifs is 1. The van der Waals surface area contributed by atoms with Crippen molar-refractivity contribution in [1.29, 1.82) is 0 Å². The van der Waals surface area contributed by atoms with E-state index in [1.165, 1.54) is 10.6 Å². The van der Waals surface area contributed by atoms with Crippen molar-refractivity contribution in [3.05, 3.63) is 22.7 Å². The van der Waals surface area contributed by atoms with Gasteiger partial charge in [0.1, 0.15) is 0 Å². The maximum atomic E-state index is 3.42. The first-order valence-electron chi connectivity index (χ1n) is 3.02. The molecule has 0 fully saturated rings. The molecule has 1 N–H and O–H groups in total. The fraction of sp³-hybridized carbons (Fsp3) is 0.143. The minimum atomic E-state index is 1.01. The third-order valence-corrected chi connectivity index (χ3v) is 2.88. The highest BCUT2D eigenvalue weighted by molar-refractivity contribution is 9.10. The summed E-state index contributed by atoms with van der Waals surface area (Å²) in [6.07, 6.45) is 0. The molecule has 0 aromatic heterocycles. The lowest BCUT2D eigenvalue weighted by atomic mass is 10.3. The molecule has 0 radical (unpaired) electrons. The van der Waals surface area contributed by atoms with Crippen LogP contribution in [0.5, 0.6) is 0 Å². The molecule has 0 aliphatic carbocycles. The zero-order valence-corrected chi connectivity index (χ0v) is 7.63. The molecule has 1 aliphatic rings. The van der Waals surface area contributed by atoms with E-state index in [-0.39, 0.29) is 0 Å². The summed E-state index contributed by atoms with van der Waals surface area (Å²) in [5.74, 6) is 1.01. The second kappa shape index (κ2) is 2.47. The monoisotopic (exact) mass is 215 g/mol. The molecule has 2 rings (SSSR count). The van der Waals surface area contributed by atoms with Crippen LogP contribution in [0.15, 0.2) is 27.6 Å². The highest BCUT2D eigenvalue weighted by Gasteiger charge is 2.08. The lowest BCUT2D eigenvalue weighted by Crippen LogP contribution is -1.87.